The molecule has 0 bridgehead atoms. The lowest BCUT2D eigenvalue weighted by atomic mass is 10.1. The van der Waals surface area contributed by atoms with E-state index in [0.717, 1.165) is 39.8 Å². The smallest absolute Gasteiger partial charge is 0.223 e. The quantitative estimate of drug-likeness (QED) is 0.414. The van der Waals surface area contributed by atoms with Gasteiger partial charge in [0.25, 0.3) is 0 Å². The SMILES string of the molecule is Fc1ccc2c(c1)-c1c3c-2nccc3cc[n+]1Cc1ccccc1.[Br-]. The molecule has 2 aromatic carbocycles. The van der Waals surface area contributed by atoms with Crippen LogP contribution in [0.2, 0.25) is 0 Å². The molecule has 0 aliphatic heterocycles. The fraction of sp³-hybridized carbons (Fsp3) is 0.0476. The first-order chi connectivity index (χ1) is 11.8. The number of nitrogens with zero attached hydrogens (tertiary/aromatic N) is 2. The second kappa shape index (κ2) is 6.05. The highest BCUT2D eigenvalue weighted by molar-refractivity contribution is 6.11. The van der Waals surface area contributed by atoms with E-state index in [4.69, 9.17) is 0 Å². The maximum absolute atomic E-state index is 13.9. The summed E-state index contributed by atoms with van der Waals surface area (Å²) in [6, 6.07) is 19.4. The summed E-state index contributed by atoms with van der Waals surface area (Å²) in [5, 5.41) is 2.24. The topological polar surface area (TPSA) is 16.8 Å². The van der Waals surface area contributed by atoms with Crippen LogP contribution in [-0.4, -0.2) is 4.98 Å². The molecule has 1 aliphatic rings. The molecule has 2 heterocycles. The standard InChI is InChI=1S/C21H14FN2.BrH/c22-16-6-7-17-18(12-16)21-19-15(8-10-23-20(17)19)9-11-24(21)13-14-4-2-1-3-5-14;/h1-12H,13H2;1H/q+1;/p-1. The van der Waals surface area contributed by atoms with Gasteiger partial charge in [0.1, 0.15) is 5.82 Å². The zero-order valence-corrected chi connectivity index (χ0v) is 14.9. The van der Waals surface area contributed by atoms with Gasteiger partial charge in [0.05, 0.1) is 16.6 Å². The normalized spacial score (nSPS) is 11.2. The van der Waals surface area contributed by atoms with E-state index >= 15 is 0 Å². The molecular formula is C21H14BrFN2. The van der Waals surface area contributed by atoms with Crippen LogP contribution >= 0.6 is 0 Å². The van der Waals surface area contributed by atoms with Gasteiger partial charge in [0.2, 0.25) is 5.69 Å². The van der Waals surface area contributed by atoms with Crippen LogP contribution in [0.15, 0.2) is 73.1 Å². The Morgan fingerprint density at radius 1 is 0.920 bits per heavy atom. The average Bonchev–Trinajstić information content (AvgIpc) is 2.94. The molecule has 0 spiro atoms. The number of halogens is 2. The Morgan fingerprint density at radius 3 is 2.60 bits per heavy atom. The molecule has 0 fully saturated rings. The number of fused-ring (bicyclic) bond motifs is 3. The van der Waals surface area contributed by atoms with Gasteiger partial charge in [-0.05, 0) is 29.7 Å². The molecule has 0 atom stereocenters. The number of hydrogen-bond donors (Lipinski definition) is 0. The lowest BCUT2D eigenvalue weighted by Crippen LogP contribution is -3.00. The monoisotopic (exact) mass is 392 g/mol. The van der Waals surface area contributed by atoms with Crippen molar-refractivity contribution in [1.82, 2.24) is 4.98 Å². The Kier molecular flexibility index (Phi) is 3.85. The molecule has 0 saturated heterocycles. The minimum Gasteiger partial charge on any atom is -1.00 e. The van der Waals surface area contributed by atoms with Gasteiger partial charge in [-0.3, -0.25) is 4.98 Å². The van der Waals surface area contributed by atoms with E-state index in [1.807, 2.05) is 36.5 Å². The second-order valence-corrected chi connectivity index (χ2v) is 6.09. The van der Waals surface area contributed by atoms with Crippen molar-refractivity contribution in [1.29, 1.82) is 0 Å². The number of aromatic nitrogens is 2. The van der Waals surface area contributed by atoms with Gasteiger partial charge in [-0.2, -0.15) is 4.57 Å². The van der Waals surface area contributed by atoms with Gasteiger partial charge < -0.3 is 17.0 Å². The van der Waals surface area contributed by atoms with Gasteiger partial charge in [0.15, 0.2) is 12.7 Å². The first-order valence-electron chi connectivity index (χ1n) is 7.97. The van der Waals surface area contributed by atoms with Crippen LogP contribution in [0.4, 0.5) is 4.39 Å². The molecule has 0 radical (unpaired) electrons. The zero-order valence-electron chi connectivity index (χ0n) is 13.3. The Bertz CT molecular complexity index is 1090. The van der Waals surface area contributed by atoms with Crippen molar-refractivity contribution < 1.29 is 25.9 Å². The number of rotatable bonds is 2. The largest absolute Gasteiger partial charge is 1.00 e. The van der Waals surface area contributed by atoms with Crippen LogP contribution in [0.5, 0.6) is 0 Å². The number of benzene rings is 2. The van der Waals surface area contributed by atoms with Gasteiger partial charge in [-0.1, -0.05) is 30.3 Å². The summed E-state index contributed by atoms with van der Waals surface area (Å²) in [5.74, 6) is -0.218. The summed E-state index contributed by atoms with van der Waals surface area (Å²) in [6.45, 7) is 0.746. The maximum atomic E-state index is 13.9. The fourth-order valence-corrected chi connectivity index (χ4v) is 3.58. The minimum atomic E-state index is -0.218. The first-order valence-corrected chi connectivity index (χ1v) is 7.97. The Labute approximate surface area is 155 Å². The highest BCUT2D eigenvalue weighted by Gasteiger charge is 2.31. The van der Waals surface area contributed by atoms with E-state index in [-0.39, 0.29) is 22.8 Å². The van der Waals surface area contributed by atoms with E-state index in [0.29, 0.717) is 0 Å². The van der Waals surface area contributed by atoms with Crippen molar-refractivity contribution in [2.24, 2.45) is 0 Å². The van der Waals surface area contributed by atoms with E-state index < -0.39 is 0 Å². The molecular weight excluding hydrogens is 379 g/mol. The van der Waals surface area contributed by atoms with Gasteiger partial charge in [0, 0.05) is 23.4 Å². The first kappa shape index (κ1) is 15.9. The lowest BCUT2D eigenvalue weighted by molar-refractivity contribution is -0.676. The number of pyridine rings is 2. The van der Waals surface area contributed by atoms with Crippen molar-refractivity contribution in [2.75, 3.05) is 0 Å². The predicted molar refractivity (Wildman–Crippen MR) is 91.9 cm³/mol. The molecule has 4 aromatic rings. The molecule has 0 amide bonds. The van der Waals surface area contributed by atoms with Crippen molar-refractivity contribution in [3.63, 3.8) is 0 Å². The molecule has 0 saturated carbocycles. The molecule has 25 heavy (non-hydrogen) atoms. The van der Waals surface area contributed by atoms with Gasteiger partial charge >= 0.3 is 0 Å². The summed E-state index contributed by atoms with van der Waals surface area (Å²) in [4.78, 5) is 4.56. The third kappa shape index (κ3) is 2.45. The Morgan fingerprint density at radius 2 is 1.76 bits per heavy atom. The van der Waals surface area contributed by atoms with E-state index in [2.05, 4.69) is 33.9 Å². The minimum absolute atomic E-state index is 0. The molecule has 1 aliphatic carbocycles. The molecule has 2 aromatic heterocycles. The molecule has 0 N–H and O–H groups in total. The third-order valence-electron chi connectivity index (χ3n) is 4.63. The van der Waals surface area contributed by atoms with Crippen molar-refractivity contribution in [3.8, 4) is 22.5 Å². The average molecular weight is 393 g/mol. The summed E-state index contributed by atoms with van der Waals surface area (Å²) < 4.78 is 16.1. The van der Waals surface area contributed by atoms with Crippen LogP contribution < -0.4 is 21.5 Å². The lowest BCUT2D eigenvalue weighted by Gasteiger charge is -2.05. The van der Waals surface area contributed by atoms with Crippen LogP contribution in [0, 0.1) is 5.82 Å². The summed E-state index contributed by atoms with van der Waals surface area (Å²) in [7, 11) is 0. The molecule has 4 heteroatoms. The molecule has 5 rings (SSSR count). The van der Waals surface area contributed by atoms with Gasteiger partial charge in [-0.15, -0.1) is 0 Å². The Hall–Kier alpha value is -2.59. The van der Waals surface area contributed by atoms with E-state index in [9.17, 15) is 4.39 Å². The third-order valence-corrected chi connectivity index (χ3v) is 4.63. The fourth-order valence-electron chi connectivity index (χ4n) is 3.58. The molecule has 2 nitrogen and oxygen atoms in total. The van der Waals surface area contributed by atoms with Crippen LogP contribution in [-0.2, 0) is 6.54 Å². The van der Waals surface area contributed by atoms with E-state index in [1.54, 1.807) is 6.07 Å². The van der Waals surface area contributed by atoms with Crippen molar-refractivity contribution in [2.45, 2.75) is 6.54 Å². The highest BCUT2D eigenvalue weighted by atomic mass is 79.9. The van der Waals surface area contributed by atoms with Crippen LogP contribution in [0.25, 0.3) is 33.3 Å². The van der Waals surface area contributed by atoms with Crippen LogP contribution in [0.1, 0.15) is 5.56 Å². The molecule has 122 valence electrons. The zero-order chi connectivity index (χ0) is 16.1. The van der Waals surface area contributed by atoms with E-state index in [1.165, 1.54) is 11.6 Å². The summed E-state index contributed by atoms with van der Waals surface area (Å²) in [5.41, 5.74) is 5.14. The Balaban J connectivity index is 0.00000157. The predicted octanol–water partition coefficient (Wildman–Crippen LogP) is 1.36. The summed E-state index contributed by atoms with van der Waals surface area (Å²) in [6.07, 6.45) is 3.90. The molecule has 0 unspecified atom stereocenters. The highest BCUT2D eigenvalue weighted by Crippen LogP contribution is 2.44. The van der Waals surface area contributed by atoms with Crippen molar-refractivity contribution in [3.05, 3.63) is 84.4 Å². The maximum Gasteiger partial charge on any atom is 0.223 e. The van der Waals surface area contributed by atoms with Crippen molar-refractivity contribution >= 4 is 10.8 Å². The van der Waals surface area contributed by atoms with Crippen LogP contribution in [0.3, 0.4) is 0 Å². The summed E-state index contributed by atoms with van der Waals surface area (Å²) >= 11 is 0. The van der Waals surface area contributed by atoms with Gasteiger partial charge in [-0.25, -0.2) is 4.39 Å². The number of hydrogen-bond acceptors (Lipinski definition) is 1. The second-order valence-electron chi connectivity index (χ2n) is 6.09.